The van der Waals surface area contributed by atoms with Crippen LogP contribution in [0.15, 0.2) is 70.6 Å². The van der Waals surface area contributed by atoms with Crippen molar-refractivity contribution in [3.05, 3.63) is 87.0 Å². The van der Waals surface area contributed by atoms with E-state index in [0.29, 0.717) is 13.2 Å². The minimum absolute atomic E-state index is 0.0970. The summed E-state index contributed by atoms with van der Waals surface area (Å²) in [4.78, 5) is 20.8. The molecular formula is C25H24N2O2S2. The second-order valence-electron chi connectivity index (χ2n) is 7.67. The van der Waals surface area contributed by atoms with Crippen LogP contribution in [0, 0.1) is 0 Å². The van der Waals surface area contributed by atoms with Crippen molar-refractivity contribution in [2.24, 2.45) is 0 Å². The third-order valence-electron chi connectivity index (χ3n) is 5.55. The van der Waals surface area contributed by atoms with E-state index < -0.39 is 0 Å². The van der Waals surface area contributed by atoms with Crippen LogP contribution in [-0.4, -0.2) is 21.9 Å². The molecule has 0 saturated carbocycles. The van der Waals surface area contributed by atoms with Crippen molar-refractivity contribution in [2.45, 2.75) is 37.4 Å². The molecule has 5 rings (SSSR count). The smallest absolute Gasteiger partial charge is 0.263 e. The summed E-state index contributed by atoms with van der Waals surface area (Å²) in [5.41, 5.74) is 2.45. The predicted molar refractivity (Wildman–Crippen MR) is 129 cm³/mol. The Hall–Kier alpha value is -2.57. The minimum Gasteiger partial charge on any atom is -0.493 e. The average molecular weight is 449 g/mol. The van der Waals surface area contributed by atoms with Crippen molar-refractivity contribution in [1.29, 1.82) is 0 Å². The molecule has 0 saturated heterocycles. The maximum atomic E-state index is 13.6. The fourth-order valence-corrected chi connectivity index (χ4v) is 6.16. The monoisotopic (exact) mass is 448 g/mol. The van der Waals surface area contributed by atoms with Gasteiger partial charge in [-0.3, -0.25) is 9.36 Å². The van der Waals surface area contributed by atoms with Crippen LogP contribution < -0.4 is 10.3 Å². The molecule has 2 aromatic carbocycles. The zero-order valence-corrected chi connectivity index (χ0v) is 18.9. The molecule has 0 atom stereocenters. The maximum absolute atomic E-state index is 13.6. The summed E-state index contributed by atoms with van der Waals surface area (Å²) < 4.78 is 7.69. The Morgan fingerprint density at radius 2 is 1.74 bits per heavy atom. The molecular weight excluding hydrogens is 424 g/mol. The van der Waals surface area contributed by atoms with Crippen LogP contribution in [0.1, 0.15) is 28.8 Å². The summed E-state index contributed by atoms with van der Waals surface area (Å²) in [5.74, 6) is 1.59. The molecule has 0 unspecified atom stereocenters. The van der Waals surface area contributed by atoms with Gasteiger partial charge in [0.05, 0.1) is 18.5 Å². The molecule has 0 N–H and O–H groups in total. The quantitative estimate of drug-likeness (QED) is 0.211. The zero-order chi connectivity index (χ0) is 21.0. The van der Waals surface area contributed by atoms with Crippen molar-refractivity contribution in [3.8, 4) is 5.75 Å². The van der Waals surface area contributed by atoms with Crippen molar-refractivity contribution >= 4 is 33.3 Å². The van der Waals surface area contributed by atoms with E-state index in [4.69, 9.17) is 9.72 Å². The van der Waals surface area contributed by atoms with E-state index in [2.05, 4.69) is 12.1 Å². The van der Waals surface area contributed by atoms with Gasteiger partial charge in [0.25, 0.3) is 5.56 Å². The summed E-state index contributed by atoms with van der Waals surface area (Å²) in [7, 11) is 0. The molecule has 0 fully saturated rings. The topological polar surface area (TPSA) is 44.1 Å². The summed E-state index contributed by atoms with van der Waals surface area (Å²) in [5, 5.41) is 1.62. The van der Waals surface area contributed by atoms with Crippen LogP contribution in [0.25, 0.3) is 10.2 Å². The number of aryl methyl sites for hydroxylation is 2. The molecule has 0 spiro atoms. The molecule has 0 bridgehead atoms. The molecule has 2 aromatic heterocycles. The highest BCUT2D eigenvalue weighted by atomic mass is 32.2. The van der Waals surface area contributed by atoms with Gasteiger partial charge < -0.3 is 4.74 Å². The zero-order valence-electron chi connectivity index (χ0n) is 17.3. The van der Waals surface area contributed by atoms with Gasteiger partial charge in [-0.25, -0.2) is 4.98 Å². The summed E-state index contributed by atoms with van der Waals surface area (Å²) in [6.45, 7) is 1.10. The van der Waals surface area contributed by atoms with Crippen molar-refractivity contribution in [2.75, 3.05) is 12.4 Å². The van der Waals surface area contributed by atoms with Crippen LogP contribution >= 0.6 is 23.1 Å². The maximum Gasteiger partial charge on any atom is 0.263 e. The summed E-state index contributed by atoms with van der Waals surface area (Å²) >= 11 is 3.30. The summed E-state index contributed by atoms with van der Waals surface area (Å²) in [6.07, 6.45) is 4.43. The van der Waals surface area contributed by atoms with E-state index >= 15 is 0 Å². The number of hydrogen-bond donors (Lipinski definition) is 0. The number of rotatable bonds is 7. The molecule has 1 aliphatic carbocycles. The highest BCUT2D eigenvalue weighted by Crippen LogP contribution is 2.34. The lowest BCUT2D eigenvalue weighted by atomic mass is 9.97. The molecule has 31 heavy (non-hydrogen) atoms. The van der Waals surface area contributed by atoms with E-state index in [1.807, 2.05) is 53.1 Å². The number of thiophene rings is 1. The lowest BCUT2D eigenvalue weighted by molar-refractivity contribution is 0.344. The van der Waals surface area contributed by atoms with Gasteiger partial charge in [0.2, 0.25) is 0 Å². The lowest BCUT2D eigenvalue weighted by Crippen LogP contribution is -2.24. The minimum atomic E-state index is 0.0970. The van der Waals surface area contributed by atoms with Gasteiger partial charge in [0.1, 0.15) is 10.6 Å². The first kappa shape index (κ1) is 20.3. The van der Waals surface area contributed by atoms with Gasteiger partial charge >= 0.3 is 0 Å². The number of nitrogens with zero attached hydrogens (tertiary/aromatic N) is 2. The SMILES string of the molecule is O=c1c2c3c(sc2nc(SCCOc2ccccc2)n1Cc1ccccc1)CCCC3. The van der Waals surface area contributed by atoms with Crippen LogP contribution in [0.4, 0.5) is 0 Å². The molecule has 4 aromatic rings. The van der Waals surface area contributed by atoms with E-state index in [9.17, 15) is 4.79 Å². The predicted octanol–water partition coefficient (Wildman–Crippen LogP) is 5.56. The molecule has 158 valence electrons. The molecule has 1 aliphatic rings. The van der Waals surface area contributed by atoms with Gasteiger partial charge in [-0.05, 0) is 48.9 Å². The Morgan fingerprint density at radius 3 is 2.55 bits per heavy atom. The Bertz CT molecular complexity index is 1230. The van der Waals surface area contributed by atoms with Crippen molar-refractivity contribution in [1.82, 2.24) is 9.55 Å². The second-order valence-corrected chi connectivity index (χ2v) is 9.82. The van der Waals surface area contributed by atoms with Crippen LogP contribution in [-0.2, 0) is 19.4 Å². The van der Waals surface area contributed by atoms with E-state index in [-0.39, 0.29) is 5.56 Å². The first-order valence-corrected chi connectivity index (χ1v) is 12.5. The lowest BCUT2D eigenvalue weighted by Gasteiger charge is -2.14. The Balaban J connectivity index is 1.46. The fraction of sp³-hybridized carbons (Fsp3) is 0.280. The van der Waals surface area contributed by atoms with Gasteiger partial charge in [-0.15, -0.1) is 11.3 Å². The number of hydrogen-bond acceptors (Lipinski definition) is 5. The first-order chi connectivity index (χ1) is 15.3. The number of thioether (sulfide) groups is 1. The normalized spacial score (nSPS) is 13.3. The Morgan fingerprint density at radius 1 is 1.00 bits per heavy atom. The van der Waals surface area contributed by atoms with Gasteiger partial charge in [0.15, 0.2) is 5.16 Å². The van der Waals surface area contributed by atoms with Gasteiger partial charge in [-0.2, -0.15) is 0 Å². The second kappa shape index (κ2) is 9.28. The average Bonchev–Trinajstić information content (AvgIpc) is 3.19. The van der Waals surface area contributed by atoms with Crippen LogP contribution in [0.2, 0.25) is 0 Å². The standard InChI is InChI=1S/C25H24N2O2S2/c28-24-22-20-13-7-8-14-21(20)31-23(22)26-25(27(24)17-18-9-3-1-4-10-18)30-16-15-29-19-11-5-2-6-12-19/h1-6,9-12H,7-8,13-17H2. The number of aromatic nitrogens is 2. The number of para-hydroxylation sites is 1. The molecule has 0 radical (unpaired) electrons. The largest absolute Gasteiger partial charge is 0.493 e. The summed E-state index contributed by atoms with van der Waals surface area (Å²) in [6, 6.07) is 20.0. The van der Waals surface area contributed by atoms with E-state index in [1.54, 1.807) is 23.1 Å². The molecule has 4 nitrogen and oxygen atoms in total. The fourth-order valence-electron chi connectivity index (χ4n) is 4.04. The highest BCUT2D eigenvalue weighted by molar-refractivity contribution is 7.99. The van der Waals surface area contributed by atoms with Gasteiger partial charge in [0, 0.05) is 10.6 Å². The molecule has 2 heterocycles. The van der Waals surface area contributed by atoms with Crippen LogP contribution in [0.3, 0.4) is 0 Å². The number of ether oxygens (including phenoxy) is 1. The highest BCUT2D eigenvalue weighted by Gasteiger charge is 2.22. The number of fused-ring (bicyclic) bond motifs is 3. The van der Waals surface area contributed by atoms with Crippen molar-refractivity contribution < 1.29 is 4.74 Å². The molecule has 0 aliphatic heterocycles. The van der Waals surface area contributed by atoms with Gasteiger partial charge in [-0.1, -0.05) is 60.3 Å². The van der Waals surface area contributed by atoms with Crippen molar-refractivity contribution in [3.63, 3.8) is 0 Å². The Kier molecular flexibility index (Phi) is 6.09. The third-order valence-corrected chi connectivity index (χ3v) is 7.68. The van der Waals surface area contributed by atoms with E-state index in [1.165, 1.54) is 16.9 Å². The molecule has 0 amide bonds. The first-order valence-electron chi connectivity index (χ1n) is 10.7. The van der Waals surface area contributed by atoms with Crippen LogP contribution in [0.5, 0.6) is 5.75 Å². The van der Waals surface area contributed by atoms with E-state index in [0.717, 1.165) is 51.7 Å². The third kappa shape index (κ3) is 4.41. The Labute approximate surface area is 189 Å². The number of benzene rings is 2. The molecule has 6 heteroatoms.